The van der Waals surface area contributed by atoms with E-state index in [1.54, 1.807) is 0 Å². The Morgan fingerprint density at radius 1 is 1.04 bits per heavy atom. The van der Waals surface area contributed by atoms with Gasteiger partial charge in [-0.3, -0.25) is 4.79 Å². The summed E-state index contributed by atoms with van der Waals surface area (Å²) < 4.78 is 0. The predicted molar refractivity (Wildman–Crippen MR) is 105 cm³/mol. The van der Waals surface area contributed by atoms with Crippen LogP contribution in [0.25, 0.3) is 0 Å². The number of carbonyl (C=O) groups is 1. The number of rotatable bonds is 6. The third-order valence-electron chi connectivity index (χ3n) is 5.07. The molecule has 25 heavy (non-hydrogen) atoms. The molecule has 0 aromatic heterocycles. The lowest BCUT2D eigenvalue weighted by Gasteiger charge is -2.07. The third kappa shape index (κ3) is 4.62. The summed E-state index contributed by atoms with van der Waals surface area (Å²) >= 11 is 0. The zero-order valence-electron chi connectivity index (χ0n) is 14.5. The first-order chi connectivity index (χ1) is 11.7. The van der Waals surface area contributed by atoms with Crippen LogP contribution in [0, 0.1) is 12.8 Å². The molecule has 2 aliphatic carbocycles. The summed E-state index contributed by atoms with van der Waals surface area (Å²) in [6.07, 6.45) is 4.04. The molecule has 0 bridgehead atoms. The SMILES string of the molecule is Cc1ccc(C(=O)Nc2ccc([C@@H]3C[C@H]3NCC3CC3)cc2)cc1.Cl. The molecule has 2 aromatic carbocycles. The van der Waals surface area contributed by atoms with E-state index < -0.39 is 0 Å². The van der Waals surface area contributed by atoms with Gasteiger partial charge in [0.15, 0.2) is 0 Å². The van der Waals surface area contributed by atoms with Crippen molar-refractivity contribution < 1.29 is 4.79 Å². The van der Waals surface area contributed by atoms with Crippen LogP contribution in [0.1, 0.15) is 46.7 Å². The molecule has 2 atom stereocenters. The number of aryl methyl sites for hydroxylation is 1. The Hall–Kier alpha value is -1.84. The molecular weight excluding hydrogens is 332 g/mol. The van der Waals surface area contributed by atoms with Crippen molar-refractivity contribution in [3.8, 4) is 0 Å². The standard InChI is InChI=1S/C21H24N2O.ClH/c1-14-2-6-17(7-3-14)21(24)23-18-10-8-16(9-11-18)19-12-20(19)22-13-15-4-5-15;/h2-3,6-11,15,19-20,22H,4-5,12-13H2,1H3,(H,23,24);1H/t19-,20+;/m0./s1. The van der Waals surface area contributed by atoms with Gasteiger partial charge in [-0.25, -0.2) is 0 Å². The fraction of sp³-hybridized carbons (Fsp3) is 0.381. The van der Waals surface area contributed by atoms with Crippen molar-refractivity contribution in [3.63, 3.8) is 0 Å². The van der Waals surface area contributed by atoms with Crippen molar-refractivity contribution in [1.29, 1.82) is 0 Å². The lowest BCUT2D eigenvalue weighted by Crippen LogP contribution is -2.20. The molecule has 132 valence electrons. The molecule has 2 aromatic rings. The Bertz CT molecular complexity index is 723. The molecule has 4 rings (SSSR count). The minimum absolute atomic E-state index is 0. The van der Waals surface area contributed by atoms with Gasteiger partial charge >= 0.3 is 0 Å². The molecule has 0 unspecified atom stereocenters. The summed E-state index contributed by atoms with van der Waals surface area (Å²) in [4.78, 5) is 12.2. The Kier molecular flexibility index (Phi) is 5.45. The summed E-state index contributed by atoms with van der Waals surface area (Å²) in [6, 6.07) is 16.6. The van der Waals surface area contributed by atoms with Crippen molar-refractivity contribution in [2.45, 2.75) is 38.1 Å². The zero-order valence-corrected chi connectivity index (χ0v) is 15.3. The van der Waals surface area contributed by atoms with E-state index in [9.17, 15) is 4.79 Å². The van der Waals surface area contributed by atoms with Crippen molar-refractivity contribution in [1.82, 2.24) is 5.32 Å². The highest BCUT2D eigenvalue weighted by atomic mass is 35.5. The lowest BCUT2D eigenvalue weighted by molar-refractivity contribution is 0.102. The zero-order chi connectivity index (χ0) is 16.5. The number of benzene rings is 2. The summed E-state index contributed by atoms with van der Waals surface area (Å²) in [6.45, 7) is 3.21. The summed E-state index contributed by atoms with van der Waals surface area (Å²) in [5, 5.41) is 6.64. The molecule has 0 spiro atoms. The first kappa shape index (κ1) is 18.0. The number of anilines is 1. The molecule has 2 saturated carbocycles. The second-order valence-electron chi connectivity index (χ2n) is 7.24. The van der Waals surface area contributed by atoms with E-state index in [-0.39, 0.29) is 18.3 Å². The van der Waals surface area contributed by atoms with Gasteiger partial charge < -0.3 is 10.6 Å². The maximum absolute atomic E-state index is 12.2. The molecule has 0 radical (unpaired) electrons. The number of hydrogen-bond donors (Lipinski definition) is 2. The third-order valence-corrected chi connectivity index (χ3v) is 5.07. The average molecular weight is 357 g/mol. The van der Waals surface area contributed by atoms with Crippen molar-refractivity contribution in [3.05, 3.63) is 65.2 Å². The largest absolute Gasteiger partial charge is 0.322 e. The van der Waals surface area contributed by atoms with Crippen molar-refractivity contribution >= 4 is 24.0 Å². The molecular formula is C21H25ClN2O. The molecule has 0 heterocycles. The van der Waals surface area contributed by atoms with Gasteiger partial charge in [0.1, 0.15) is 0 Å². The number of carbonyl (C=O) groups excluding carboxylic acids is 1. The topological polar surface area (TPSA) is 41.1 Å². The minimum atomic E-state index is -0.0573. The van der Waals surface area contributed by atoms with Gasteiger partial charge in [-0.15, -0.1) is 12.4 Å². The second-order valence-corrected chi connectivity index (χ2v) is 7.24. The van der Waals surface area contributed by atoms with Gasteiger partial charge in [-0.2, -0.15) is 0 Å². The smallest absolute Gasteiger partial charge is 0.255 e. The maximum atomic E-state index is 12.2. The van der Waals surface area contributed by atoms with Gasteiger partial charge in [0.25, 0.3) is 5.91 Å². The van der Waals surface area contributed by atoms with Gasteiger partial charge in [0.05, 0.1) is 0 Å². The van der Waals surface area contributed by atoms with E-state index in [4.69, 9.17) is 0 Å². The molecule has 2 N–H and O–H groups in total. The van der Waals surface area contributed by atoms with E-state index in [1.165, 1.54) is 31.4 Å². The first-order valence-electron chi connectivity index (χ1n) is 8.90. The second kappa shape index (κ2) is 7.59. The van der Waals surface area contributed by atoms with E-state index in [0.717, 1.165) is 17.2 Å². The molecule has 2 aliphatic rings. The first-order valence-corrected chi connectivity index (χ1v) is 8.90. The molecule has 4 heteroatoms. The van der Waals surface area contributed by atoms with Crippen LogP contribution < -0.4 is 10.6 Å². The molecule has 0 aliphatic heterocycles. The van der Waals surface area contributed by atoms with Crippen LogP contribution in [0.2, 0.25) is 0 Å². The van der Waals surface area contributed by atoms with Crippen LogP contribution in [-0.4, -0.2) is 18.5 Å². The van der Waals surface area contributed by atoms with E-state index in [2.05, 4.69) is 22.8 Å². The summed E-state index contributed by atoms with van der Waals surface area (Å²) in [7, 11) is 0. The van der Waals surface area contributed by atoms with Crippen LogP contribution >= 0.6 is 12.4 Å². The monoisotopic (exact) mass is 356 g/mol. The average Bonchev–Trinajstić information content (AvgIpc) is 3.49. The van der Waals surface area contributed by atoms with Crippen LogP contribution in [0.4, 0.5) is 5.69 Å². The highest BCUT2D eigenvalue weighted by Gasteiger charge is 2.38. The minimum Gasteiger partial charge on any atom is -0.322 e. The number of halogens is 1. The number of hydrogen-bond acceptors (Lipinski definition) is 2. The van der Waals surface area contributed by atoms with Crippen molar-refractivity contribution in [2.75, 3.05) is 11.9 Å². The Labute approximate surface area is 155 Å². The normalized spacial score (nSPS) is 21.3. The highest BCUT2D eigenvalue weighted by Crippen LogP contribution is 2.41. The Balaban J connectivity index is 0.00000182. The molecule has 0 saturated heterocycles. The Morgan fingerprint density at radius 2 is 1.72 bits per heavy atom. The Morgan fingerprint density at radius 3 is 2.36 bits per heavy atom. The van der Waals surface area contributed by atoms with E-state index in [1.807, 2.05) is 43.3 Å². The molecule has 3 nitrogen and oxygen atoms in total. The fourth-order valence-corrected chi connectivity index (χ4v) is 3.15. The van der Waals surface area contributed by atoms with Crippen LogP contribution in [0.5, 0.6) is 0 Å². The van der Waals surface area contributed by atoms with Crippen LogP contribution in [0.3, 0.4) is 0 Å². The molecule has 2 fully saturated rings. The lowest BCUT2D eigenvalue weighted by atomic mass is 10.1. The summed E-state index contributed by atoms with van der Waals surface area (Å²) in [5.41, 5.74) is 4.07. The van der Waals surface area contributed by atoms with Gasteiger partial charge in [-0.1, -0.05) is 29.8 Å². The molecule has 1 amide bonds. The fourth-order valence-electron chi connectivity index (χ4n) is 3.15. The van der Waals surface area contributed by atoms with E-state index in [0.29, 0.717) is 17.5 Å². The number of amides is 1. The van der Waals surface area contributed by atoms with Gasteiger partial charge in [0.2, 0.25) is 0 Å². The summed E-state index contributed by atoms with van der Waals surface area (Å²) in [5.74, 6) is 1.52. The van der Waals surface area contributed by atoms with E-state index >= 15 is 0 Å². The highest BCUT2D eigenvalue weighted by molar-refractivity contribution is 6.04. The van der Waals surface area contributed by atoms with Crippen LogP contribution in [0.15, 0.2) is 48.5 Å². The van der Waals surface area contributed by atoms with Gasteiger partial charge in [0, 0.05) is 23.2 Å². The maximum Gasteiger partial charge on any atom is 0.255 e. The van der Waals surface area contributed by atoms with Crippen molar-refractivity contribution in [2.24, 2.45) is 5.92 Å². The quantitative estimate of drug-likeness (QED) is 0.798. The van der Waals surface area contributed by atoms with Gasteiger partial charge in [-0.05, 0) is 68.5 Å². The number of nitrogens with one attached hydrogen (secondary N) is 2. The predicted octanol–water partition coefficient (Wildman–Crippen LogP) is 4.52. The van der Waals surface area contributed by atoms with Crippen LogP contribution in [-0.2, 0) is 0 Å².